The maximum atomic E-state index is 10.8. The molecule has 1 N–H and O–H groups in total. The molecule has 0 saturated heterocycles. The standard InChI is InChI=1S/C12H11N5O2/c1-7-10(3-12(18)19)8(2)17(16-7)11-6-14-9(4-13)5-15-11/h5-6H,3H2,1-2H3,(H,18,19). The Kier molecular flexibility index (Phi) is 3.25. The molecular formula is C12H11N5O2. The van der Waals surface area contributed by atoms with Crippen molar-refractivity contribution >= 4 is 5.97 Å². The Bertz CT molecular complexity index is 667. The smallest absolute Gasteiger partial charge is 0.307 e. The fraction of sp³-hybridized carbons (Fsp3) is 0.250. The van der Waals surface area contributed by atoms with E-state index in [1.807, 2.05) is 6.07 Å². The molecule has 19 heavy (non-hydrogen) atoms. The van der Waals surface area contributed by atoms with Crippen molar-refractivity contribution in [2.24, 2.45) is 0 Å². The van der Waals surface area contributed by atoms with Crippen LogP contribution < -0.4 is 0 Å². The number of carboxylic acid groups (broad SMARTS) is 1. The molecular weight excluding hydrogens is 246 g/mol. The SMILES string of the molecule is Cc1nn(-c2cnc(C#N)cn2)c(C)c1CC(=O)O. The first-order valence-corrected chi connectivity index (χ1v) is 5.52. The lowest BCUT2D eigenvalue weighted by Crippen LogP contribution is -2.05. The number of nitriles is 1. The second-order valence-electron chi connectivity index (χ2n) is 4.00. The van der Waals surface area contributed by atoms with Gasteiger partial charge >= 0.3 is 5.97 Å². The first-order chi connectivity index (χ1) is 9.02. The number of carboxylic acids is 1. The van der Waals surface area contributed by atoms with Crippen LogP contribution in [0.1, 0.15) is 22.6 Å². The molecule has 0 aliphatic rings. The van der Waals surface area contributed by atoms with E-state index in [1.54, 1.807) is 13.8 Å². The normalized spacial score (nSPS) is 10.2. The Balaban J connectivity index is 2.45. The van der Waals surface area contributed by atoms with Crippen molar-refractivity contribution in [3.05, 3.63) is 35.0 Å². The van der Waals surface area contributed by atoms with Gasteiger partial charge in [-0.15, -0.1) is 0 Å². The van der Waals surface area contributed by atoms with Crippen molar-refractivity contribution in [1.82, 2.24) is 19.7 Å². The van der Waals surface area contributed by atoms with E-state index in [-0.39, 0.29) is 12.1 Å². The van der Waals surface area contributed by atoms with Crippen molar-refractivity contribution in [2.45, 2.75) is 20.3 Å². The summed E-state index contributed by atoms with van der Waals surface area (Å²) in [5.74, 6) is -0.451. The highest BCUT2D eigenvalue weighted by molar-refractivity contribution is 5.71. The van der Waals surface area contributed by atoms with Crippen molar-refractivity contribution < 1.29 is 9.90 Å². The summed E-state index contributed by atoms with van der Waals surface area (Å²) in [6.45, 7) is 3.52. The summed E-state index contributed by atoms with van der Waals surface area (Å²) in [6.07, 6.45) is 2.70. The highest BCUT2D eigenvalue weighted by Crippen LogP contribution is 2.16. The van der Waals surface area contributed by atoms with E-state index in [0.717, 1.165) is 0 Å². The molecule has 7 nitrogen and oxygen atoms in total. The van der Waals surface area contributed by atoms with Gasteiger partial charge in [-0.1, -0.05) is 0 Å². The molecule has 96 valence electrons. The molecule has 2 heterocycles. The van der Waals surface area contributed by atoms with E-state index in [2.05, 4.69) is 15.1 Å². The van der Waals surface area contributed by atoms with Crippen LogP contribution >= 0.6 is 0 Å². The molecule has 2 rings (SSSR count). The maximum absolute atomic E-state index is 10.8. The molecule has 0 radical (unpaired) electrons. The first-order valence-electron chi connectivity index (χ1n) is 5.52. The van der Waals surface area contributed by atoms with E-state index in [4.69, 9.17) is 10.4 Å². The number of rotatable bonds is 3. The van der Waals surface area contributed by atoms with Gasteiger partial charge in [-0.3, -0.25) is 4.79 Å². The molecule has 0 aromatic carbocycles. The fourth-order valence-electron chi connectivity index (χ4n) is 1.79. The molecule has 0 aliphatic heterocycles. The van der Waals surface area contributed by atoms with Gasteiger partial charge in [-0.05, 0) is 13.8 Å². The molecule has 0 saturated carbocycles. The minimum atomic E-state index is -0.906. The fourth-order valence-corrected chi connectivity index (χ4v) is 1.79. The van der Waals surface area contributed by atoms with Gasteiger partial charge in [0.25, 0.3) is 0 Å². The van der Waals surface area contributed by atoms with Crippen LogP contribution in [0.2, 0.25) is 0 Å². The predicted octanol–water partition coefficient (Wildman–Crippen LogP) is 0.778. The molecule has 2 aromatic rings. The monoisotopic (exact) mass is 257 g/mol. The zero-order valence-electron chi connectivity index (χ0n) is 10.5. The average Bonchev–Trinajstić information content (AvgIpc) is 2.66. The molecule has 0 bridgehead atoms. The van der Waals surface area contributed by atoms with E-state index < -0.39 is 5.97 Å². The minimum absolute atomic E-state index is 0.0820. The molecule has 7 heteroatoms. The minimum Gasteiger partial charge on any atom is -0.481 e. The van der Waals surface area contributed by atoms with Gasteiger partial charge in [0.15, 0.2) is 11.5 Å². The zero-order chi connectivity index (χ0) is 14.0. The molecule has 0 aliphatic carbocycles. The lowest BCUT2D eigenvalue weighted by atomic mass is 10.1. The topological polar surface area (TPSA) is 105 Å². The first kappa shape index (κ1) is 12.7. The number of nitrogens with zero attached hydrogens (tertiary/aromatic N) is 5. The predicted molar refractivity (Wildman–Crippen MR) is 64.7 cm³/mol. The third-order valence-corrected chi connectivity index (χ3v) is 2.74. The van der Waals surface area contributed by atoms with E-state index in [1.165, 1.54) is 17.1 Å². The Morgan fingerprint density at radius 3 is 2.68 bits per heavy atom. The molecule has 0 fully saturated rings. The summed E-state index contributed by atoms with van der Waals surface area (Å²) in [5, 5.41) is 21.8. The molecule has 0 unspecified atom stereocenters. The van der Waals surface area contributed by atoms with Crippen LogP contribution in [0.15, 0.2) is 12.4 Å². The third kappa shape index (κ3) is 2.42. The Hall–Kier alpha value is -2.75. The summed E-state index contributed by atoms with van der Waals surface area (Å²) in [6, 6.07) is 1.88. The van der Waals surface area contributed by atoms with Crippen molar-refractivity contribution in [1.29, 1.82) is 5.26 Å². The number of aliphatic carboxylic acids is 1. The van der Waals surface area contributed by atoms with Gasteiger partial charge in [0, 0.05) is 11.3 Å². The number of hydrogen-bond acceptors (Lipinski definition) is 5. The quantitative estimate of drug-likeness (QED) is 0.871. The highest BCUT2D eigenvalue weighted by atomic mass is 16.4. The van der Waals surface area contributed by atoms with Crippen LogP contribution in [0, 0.1) is 25.2 Å². The molecule has 0 atom stereocenters. The van der Waals surface area contributed by atoms with Crippen LogP contribution in [-0.2, 0) is 11.2 Å². The van der Waals surface area contributed by atoms with Gasteiger partial charge < -0.3 is 5.11 Å². The highest BCUT2D eigenvalue weighted by Gasteiger charge is 2.16. The third-order valence-electron chi connectivity index (χ3n) is 2.74. The van der Waals surface area contributed by atoms with Gasteiger partial charge in [-0.25, -0.2) is 14.6 Å². The maximum Gasteiger partial charge on any atom is 0.307 e. The zero-order valence-corrected chi connectivity index (χ0v) is 10.5. The number of aryl methyl sites for hydroxylation is 1. The second-order valence-corrected chi connectivity index (χ2v) is 4.00. The number of aromatic nitrogens is 4. The number of hydrogen-bond donors (Lipinski definition) is 1. The Morgan fingerprint density at radius 1 is 1.42 bits per heavy atom. The van der Waals surface area contributed by atoms with Crippen LogP contribution in [-0.4, -0.2) is 30.8 Å². The molecule has 2 aromatic heterocycles. The Labute approximate surface area is 109 Å². The van der Waals surface area contributed by atoms with Gasteiger partial charge in [0.05, 0.1) is 24.5 Å². The number of carbonyl (C=O) groups is 1. The summed E-state index contributed by atoms with van der Waals surface area (Å²) in [5.41, 5.74) is 2.24. The molecule has 0 amide bonds. The second kappa shape index (κ2) is 4.86. The van der Waals surface area contributed by atoms with E-state index in [9.17, 15) is 4.79 Å². The van der Waals surface area contributed by atoms with Gasteiger partial charge in [0.1, 0.15) is 6.07 Å². The van der Waals surface area contributed by atoms with E-state index >= 15 is 0 Å². The van der Waals surface area contributed by atoms with Crippen LogP contribution in [0.25, 0.3) is 5.82 Å². The summed E-state index contributed by atoms with van der Waals surface area (Å²) < 4.78 is 1.53. The summed E-state index contributed by atoms with van der Waals surface area (Å²) in [7, 11) is 0. The Morgan fingerprint density at radius 2 is 2.16 bits per heavy atom. The van der Waals surface area contributed by atoms with Crippen molar-refractivity contribution in [2.75, 3.05) is 0 Å². The van der Waals surface area contributed by atoms with Crippen LogP contribution in [0.4, 0.5) is 0 Å². The molecule has 0 spiro atoms. The van der Waals surface area contributed by atoms with Crippen molar-refractivity contribution in [3.8, 4) is 11.9 Å². The van der Waals surface area contributed by atoms with Gasteiger partial charge in [0.2, 0.25) is 0 Å². The van der Waals surface area contributed by atoms with Crippen LogP contribution in [0.5, 0.6) is 0 Å². The largest absolute Gasteiger partial charge is 0.481 e. The van der Waals surface area contributed by atoms with Crippen LogP contribution in [0.3, 0.4) is 0 Å². The average molecular weight is 257 g/mol. The summed E-state index contributed by atoms with van der Waals surface area (Å²) >= 11 is 0. The lowest BCUT2D eigenvalue weighted by Gasteiger charge is -2.03. The summed E-state index contributed by atoms with van der Waals surface area (Å²) in [4.78, 5) is 18.8. The lowest BCUT2D eigenvalue weighted by molar-refractivity contribution is -0.136. The van der Waals surface area contributed by atoms with Gasteiger partial charge in [-0.2, -0.15) is 10.4 Å². The van der Waals surface area contributed by atoms with Crippen molar-refractivity contribution in [3.63, 3.8) is 0 Å². The van der Waals surface area contributed by atoms with E-state index in [0.29, 0.717) is 22.8 Å².